The van der Waals surface area contributed by atoms with E-state index in [0.29, 0.717) is 12.2 Å². The van der Waals surface area contributed by atoms with Crippen molar-refractivity contribution >= 4 is 10.2 Å². The van der Waals surface area contributed by atoms with E-state index in [0.717, 1.165) is 0 Å². The predicted molar refractivity (Wildman–Crippen MR) is 34.1 cm³/mol. The Labute approximate surface area is 62.9 Å². The molecule has 7 heteroatoms. The number of nitrogens with one attached hydrogen (secondary N) is 1. The summed E-state index contributed by atoms with van der Waals surface area (Å²) in [6, 6.07) is 0. The second-order valence-corrected chi connectivity index (χ2v) is 3.10. The number of H-pyrrole nitrogens is 1. The molecule has 0 aliphatic heterocycles. The Hall–Kier alpha value is -0.980. The summed E-state index contributed by atoms with van der Waals surface area (Å²) in [4.78, 5) is 3.37. The Bertz CT molecular complexity index is 344. The monoisotopic (exact) mass is 179 g/mol. The van der Waals surface area contributed by atoms with Gasteiger partial charge in [-0.05, 0) is 0 Å². The molecule has 62 valence electrons. The Kier molecular flexibility index (Phi) is 1.90. The molecule has 0 spiro atoms. The highest BCUT2D eigenvalue weighted by atomic mass is 32.3. The van der Waals surface area contributed by atoms with Crippen LogP contribution in [-0.2, 0) is 16.6 Å². The maximum absolute atomic E-state index is 12.1. The van der Waals surface area contributed by atoms with E-state index in [4.69, 9.17) is 0 Å². The topological polar surface area (TPSA) is 75.7 Å². The second-order valence-electron chi connectivity index (χ2n) is 1.86. The molecule has 0 atom stereocenters. The molecule has 1 rings (SSSR count). The number of halogens is 1. The SMILES string of the molecule is CCc1nc(S(=O)(=O)F)n[nH]1. The molecule has 0 bridgehead atoms. The molecule has 1 heterocycles. The van der Waals surface area contributed by atoms with Crippen LogP contribution in [-0.4, -0.2) is 23.6 Å². The van der Waals surface area contributed by atoms with Gasteiger partial charge in [0.05, 0.1) is 0 Å². The van der Waals surface area contributed by atoms with Gasteiger partial charge in [0, 0.05) is 6.42 Å². The van der Waals surface area contributed by atoms with Gasteiger partial charge in [-0.1, -0.05) is 10.8 Å². The van der Waals surface area contributed by atoms with Crippen molar-refractivity contribution in [1.29, 1.82) is 0 Å². The Morgan fingerprint density at radius 2 is 2.27 bits per heavy atom. The fourth-order valence-electron chi connectivity index (χ4n) is 0.545. The van der Waals surface area contributed by atoms with Gasteiger partial charge in [-0.25, -0.2) is 0 Å². The van der Waals surface area contributed by atoms with Gasteiger partial charge in [0.15, 0.2) is 0 Å². The summed E-state index contributed by atoms with van der Waals surface area (Å²) in [7, 11) is -4.75. The third-order valence-corrected chi connectivity index (χ3v) is 1.68. The van der Waals surface area contributed by atoms with Crippen molar-refractivity contribution in [2.24, 2.45) is 0 Å². The standard InChI is InChI=1S/C4H6FN3O2S/c1-2-3-6-4(8-7-3)11(5,9)10/h2H2,1H3,(H,6,7,8). The maximum atomic E-state index is 12.1. The van der Waals surface area contributed by atoms with E-state index >= 15 is 0 Å². The third kappa shape index (κ3) is 1.73. The van der Waals surface area contributed by atoms with E-state index < -0.39 is 15.4 Å². The van der Waals surface area contributed by atoms with Gasteiger partial charge in [-0.3, -0.25) is 5.10 Å². The molecule has 0 aliphatic carbocycles. The van der Waals surface area contributed by atoms with E-state index in [2.05, 4.69) is 15.2 Å². The summed E-state index contributed by atoms with van der Waals surface area (Å²) < 4.78 is 32.4. The number of aromatic amines is 1. The molecule has 0 unspecified atom stereocenters. The molecule has 0 aromatic carbocycles. The zero-order valence-corrected chi connectivity index (χ0v) is 6.52. The van der Waals surface area contributed by atoms with Crippen LogP contribution in [0, 0.1) is 0 Å². The van der Waals surface area contributed by atoms with E-state index in [1.807, 2.05) is 0 Å². The first-order chi connectivity index (χ1) is 5.04. The van der Waals surface area contributed by atoms with E-state index in [1.165, 1.54) is 0 Å². The van der Waals surface area contributed by atoms with Crippen molar-refractivity contribution in [2.45, 2.75) is 18.5 Å². The van der Waals surface area contributed by atoms with E-state index in [-0.39, 0.29) is 0 Å². The Morgan fingerprint density at radius 3 is 2.55 bits per heavy atom. The van der Waals surface area contributed by atoms with Crippen molar-refractivity contribution in [3.63, 3.8) is 0 Å². The minimum absolute atomic E-state index is 0.348. The predicted octanol–water partition coefficient (Wildman–Crippen LogP) is 0.0253. The van der Waals surface area contributed by atoms with Gasteiger partial charge in [0.25, 0.3) is 5.16 Å². The number of aromatic nitrogens is 3. The summed E-state index contributed by atoms with van der Waals surface area (Å²) in [5.41, 5.74) is 0. The van der Waals surface area contributed by atoms with Crippen LogP contribution in [0.3, 0.4) is 0 Å². The largest absolute Gasteiger partial charge is 0.369 e. The smallest absolute Gasteiger partial charge is 0.262 e. The van der Waals surface area contributed by atoms with Crippen molar-refractivity contribution < 1.29 is 12.3 Å². The van der Waals surface area contributed by atoms with E-state index in [9.17, 15) is 12.3 Å². The molecule has 0 saturated heterocycles. The van der Waals surface area contributed by atoms with Crippen molar-refractivity contribution in [1.82, 2.24) is 15.2 Å². The van der Waals surface area contributed by atoms with Crippen LogP contribution in [0.15, 0.2) is 5.16 Å². The van der Waals surface area contributed by atoms with Gasteiger partial charge in [0.1, 0.15) is 5.82 Å². The summed E-state index contributed by atoms with van der Waals surface area (Å²) >= 11 is 0. The normalized spacial score (nSPS) is 11.8. The summed E-state index contributed by atoms with van der Waals surface area (Å²) in [5, 5.41) is 4.64. The lowest BCUT2D eigenvalue weighted by atomic mass is 10.5. The van der Waals surface area contributed by atoms with Crippen LogP contribution in [0.25, 0.3) is 0 Å². The second kappa shape index (κ2) is 2.57. The third-order valence-electron chi connectivity index (χ3n) is 1.06. The molecule has 0 aliphatic rings. The lowest BCUT2D eigenvalue weighted by Crippen LogP contribution is -1.94. The first-order valence-corrected chi connectivity index (χ1v) is 4.28. The fraction of sp³-hybridized carbons (Fsp3) is 0.500. The highest BCUT2D eigenvalue weighted by molar-refractivity contribution is 7.86. The number of rotatable bonds is 2. The zero-order chi connectivity index (χ0) is 8.48. The molecule has 0 radical (unpaired) electrons. The average Bonchev–Trinajstić information content (AvgIpc) is 2.32. The minimum atomic E-state index is -4.75. The van der Waals surface area contributed by atoms with Crippen molar-refractivity contribution in [2.75, 3.05) is 0 Å². The first kappa shape index (κ1) is 8.12. The molecule has 0 saturated carbocycles. The number of hydrogen-bond donors (Lipinski definition) is 1. The molecular weight excluding hydrogens is 173 g/mol. The summed E-state index contributed by atoms with van der Waals surface area (Å²) in [5.74, 6) is 0.348. The summed E-state index contributed by atoms with van der Waals surface area (Å²) in [6.07, 6.45) is 0.489. The van der Waals surface area contributed by atoms with Crippen LogP contribution < -0.4 is 0 Å². The number of aryl methyl sites for hydroxylation is 1. The van der Waals surface area contributed by atoms with Crippen LogP contribution >= 0.6 is 0 Å². The van der Waals surface area contributed by atoms with Gasteiger partial charge in [-0.15, -0.1) is 5.10 Å². The molecule has 1 aromatic heterocycles. The molecule has 0 fully saturated rings. The average molecular weight is 179 g/mol. The molecule has 0 amide bonds. The lowest BCUT2D eigenvalue weighted by molar-refractivity contribution is 0.542. The number of nitrogens with zero attached hydrogens (tertiary/aromatic N) is 2. The highest BCUT2D eigenvalue weighted by Crippen LogP contribution is 2.04. The van der Waals surface area contributed by atoms with Crippen LogP contribution in [0.5, 0.6) is 0 Å². The first-order valence-electron chi connectivity index (χ1n) is 2.90. The minimum Gasteiger partial charge on any atom is -0.262 e. The lowest BCUT2D eigenvalue weighted by Gasteiger charge is -1.81. The van der Waals surface area contributed by atoms with Crippen molar-refractivity contribution in [3.05, 3.63) is 5.82 Å². The molecule has 11 heavy (non-hydrogen) atoms. The van der Waals surface area contributed by atoms with Crippen LogP contribution in [0.4, 0.5) is 3.89 Å². The fourth-order valence-corrected chi connectivity index (χ4v) is 0.919. The summed E-state index contributed by atoms with van der Waals surface area (Å²) in [6.45, 7) is 1.75. The highest BCUT2D eigenvalue weighted by Gasteiger charge is 2.17. The van der Waals surface area contributed by atoms with Gasteiger partial charge >= 0.3 is 10.2 Å². The number of hydrogen-bond acceptors (Lipinski definition) is 4. The molecular formula is C4H6FN3O2S. The molecule has 5 nitrogen and oxygen atoms in total. The van der Waals surface area contributed by atoms with Crippen molar-refractivity contribution in [3.8, 4) is 0 Å². The molecule has 1 N–H and O–H groups in total. The van der Waals surface area contributed by atoms with Crippen LogP contribution in [0.2, 0.25) is 0 Å². The van der Waals surface area contributed by atoms with Gasteiger partial charge in [-0.2, -0.15) is 13.4 Å². The van der Waals surface area contributed by atoms with Gasteiger partial charge < -0.3 is 0 Å². The quantitative estimate of drug-likeness (QED) is 0.649. The maximum Gasteiger partial charge on any atom is 0.369 e. The van der Waals surface area contributed by atoms with E-state index in [1.54, 1.807) is 6.92 Å². The zero-order valence-electron chi connectivity index (χ0n) is 5.70. The van der Waals surface area contributed by atoms with Crippen LogP contribution in [0.1, 0.15) is 12.7 Å². The Morgan fingerprint density at radius 1 is 1.64 bits per heavy atom. The van der Waals surface area contributed by atoms with Gasteiger partial charge in [0.2, 0.25) is 0 Å². The Balaban J connectivity index is 3.09. The molecule has 1 aromatic rings.